The van der Waals surface area contributed by atoms with Crippen LogP contribution in [-0.2, 0) is 48.7 Å². The summed E-state index contributed by atoms with van der Waals surface area (Å²) >= 11 is 0. The van der Waals surface area contributed by atoms with E-state index in [4.69, 9.17) is 4.74 Å². The van der Waals surface area contributed by atoms with E-state index in [1.165, 1.54) is 5.57 Å². The molecule has 0 bridgehead atoms. The maximum atomic E-state index is 11.6. The summed E-state index contributed by atoms with van der Waals surface area (Å²) in [6.07, 6.45) is 8.68. The van der Waals surface area contributed by atoms with Crippen LogP contribution in [-0.4, -0.2) is 23.8 Å². The Labute approximate surface area is 254 Å². The van der Waals surface area contributed by atoms with Gasteiger partial charge >= 0.3 is 0 Å². The number of epoxide rings is 1. The summed E-state index contributed by atoms with van der Waals surface area (Å²) in [6.45, 7) is 30.2. The number of aryl methyl sites for hydroxylation is 1. The van der Waals surface area contributed by atoms with E-state index in [9.17, 15) is 9.90 Å². The zero-order chi connectivity index (χ0) is 28.3. The molecule has 1 aliphatic carbocycles. The Morgan fingerprint density at radius 1 is 1.16 bits per heavy atom. The van der Waals surface area contributed by atoms with E-state index >= 15 is 0 Å². The molecule has 3 unspecified atom stereocenters. The number of rotatable bonds is 7. The Bertz CT molecular complexity index is 781. The largest absolute Gasteiger partial charge is 0.507 e. The third-order valence-electron chi connectivity index (χ3n) is 5.59. The van der Waals surface area contributed by atoms with Gasteiger partial charge in [-0.3, -0.25) is 11.7 Å². The fraction of sp³-hybridized carbons (Fsp3) is 0.594. The molecule has 1 radical (unpaired) electrons. The van der Waals surface area contributed by atoms with E-state index < -0.39 is 5.97 Å². The summed E-state index contributed by atoms with van der Waals surface area (Å²) in [4.78, 5) is 11.6. The van der Waals surface area contributed by atoms with Crippen LogP contribution in [0.25, 0.3) is 0 Å². The normalized spacial score (nSPS) is 18.6. The van der Waals surface area contributed by atoms with Crippen LogP contribution in [0.2, 0.25) is 0 Å². The average molecular weight is 592 g/mol. The van der Waals surface area contributed by atoms with Crippen molar-refractivity contribution in [3.05, 3.63) is 60.9 Å². The molecule has 3 atom stereocenters. The van der Waals surface area contributed by atoms with Crippen molar-refractivity contribution in [3.8, 4) is 11.5 Å². The number of carbonyl (C=O) groups excluding carboxylic acids is 1. The first kappa shape index (κ1) is 40.4. The van der Waals surface area contributed by atoms with Crippen LogP contribution in [0.15, 0.2) is 35.9 Å². The monoisotopic (exact) mass is 591 g/mol. The van der Waals surface area contributed by atoms with Crippen molar-refractivity contribution in [1.29, 1.82) is 0 Å². The van der Waals surface area contributed by atoms with Crippen molar-refractivity contribution in [2.75, 3.05) is 6.61 Å². The summed E-state index contributed by atoms with van der Waals surface area (Å²) < 4.78 is 10.0. The fourth-order valence-electron chi connectivity index (χ4n) is 3.91. The van der Waals surface area contributed by atoms with Crippen LogP contribution in [0.1, 0.15) is 111 Å². The van der Waals surface area contributed by atoms with Crippen LogP contribution >= 0.6 is 0 Å². The van der Waals surface area contributed by atoms with Gasteiger partial charge in [0.05, 0.1) is 0 Å². The summed E-state index contributed by atoms with van der Waals surface area (Å²) in [6, 6.07) is 3.71. The number of allylic oxidation sites excluding steroid dienone is 3. The van der Waals surface area contributed by atoms with Crippen LogP contribution in [0, 0.1) is 19.8 Å². The molecule has 2 aliphatic rings. The number of phenolic OH excluding ortho intramolecular Hbond substituents is 1. The van der Waals surface area contributed by atoms with Gasteiger partial charge in [-0.05, 0) is 69.2 Å². The van der Waals surface area contributed by atoms with Crippen LogP contribution in [0.3, 0.4) is 0 Å². The summed E-state index contributed by atoms with van der Waals surface area (Å²) in [5.74, 6) is 0.189. The van der Waals surface area contributed by atoms with E-state index in [0.717, 1.165) is 56.3 Å². The molecular weight excluding hydrogens is 537 g/mol. The first-order valence-corrected chi connectivity index (χ1v) is 13.9. The molecule has 1 aromatic carbocycles. The van der Waals surface area contributed by atoms with Crippen molar-refractivity contribution in [3.63, 3.8) is 0 Å². The van der Waals surface area contributed by atoms with Gasteiger partial charge in [0.1, 0.15) is 11.5 Å². The molecule has 0 amide bonds. The minimum absolute atomic E-state index is 0. The van der Waals surface area contributed by atoms with Crippen molar-refractivity contribution >= 4 is 5.97 Å². The molecule has 0 saturated carbocycles. The third kappa shape index (κ3) is 16.5. The second-order valence-electron chi connectivity index (χ2n) is 8.44. The molecule has 37 heavy (non-hydrogen) atoms. The number of hydrogen-bond acceptors (Lipinski definition) is 4. The maximum absolute atomic E-state index is 11.6. The Morgan fingerprint density at radius 3 is 2.14 bits per heavy atom. The van der Waals surface area contributed by atoms with Gasteiger partial charge in [-0.25, -0.2) is 0 Å². The predicted octanol–water partition coefficient (Wildman–Crippen LogP) is 9.18. The minimum Gasteiger partial charge on any atom is -0.507 e. The number of aromatic hydroxyl groups is 1. The molecule has 1 saturated heterocycles. The van der Waals surface area contributed by atoms with Gasteiger partial charge in [-0.1, -0.05) is 85.1 Å². The fourth-order valence-corrected chi connectivity index (χ4v) is 3.91. The zero-order valence-corrected chi connectivity index (χ0v) is 28.1. The Morgan fingerprint density at radius 2 is 1.70 bits per heavy atom. The molecule has 1 aromatic rings. The van der Waals surface area contributed by atoms with Crippen molar-refractivity contribution in [1.82, 2.24) is 0 Å². The van der Waals surface area contributed by atoms with Crippen LogP contribution in [0.4, 0.5) is 0 Å². The molecule has 211 valence electrons. The smallest absolute Gasteiger partial charge is 0.172 e. The van der Waals surface area contributed by atoms with Crippen molar-refractivity contribution < 1.29 is 52.1 Å². The van der Waals surface area contributed by atoms with Gasteiger partial charge in [0.15, 0.2) is 5.97 Å². The van der Waals surface area contributed by atoms with Gasteiger partial charge < -0.3 is 21.5 Å². The molecule has 1 N–H and O–H groups in total. The molecule has 0 spiro atoms. The SMILES string of the molecule is C=C(C)C1CCC(C)=CC1c1c(O)cc(CCCCC)cc1OC([CH2-])=O.CC.CC.CC.[CH2-]C1CO1.[Y]. The molecule has 1 aliphatic heterocycles. The molecule has 4 nitrogen and oxygen atoms in total. The van der Waals surface area contributed by atoms with Gasteiger partial charge in [0.2, 0.25) is 0 Å². The second kappa shape index (κ2) is 24.0. The average Bonchev–Trinajstić information content (AvgIpc) is 3.65. The van der Waals surface area contributed by atoms with Crippen molar-refractivity contribution in [2.24, 2.45) is 5.92 Å². The summed E-state index contributed by atoms with van der Waals surface area (Å²) in [5, 5.41) is 10.8. The number of hydrogen-bond donors (Lipinski definition) is 1. The molecular formula is C32H54O4Y-2. The number of ether oxygens (including phenoxy) is 2. The summed E-state index contributed by atoms with van der Waals surface area (Å²) in [7, 11) is 0. The molecule has 3 rings (SSSR count). The van der Waals surface area contributed by atoms with E-state index in [0.29, 0.717) is 17.4 Å². The molecule has 1 fully saturated rings. The predicted molar refractivity (Wildman–Crippen MR) is 156 cm³/mol. The van der Waals surface area contributed by atoms with E-state index in [1.54, 1.807) is 0 Å². The topological polar surface area (TPSA) is 59.1 Å². The van der Waals surface area contributed by atoms with Crippen molar-refractivity contribution in [2.45, 2.75) is 113 Å². The Kier molecular flexibility index (Phi) is 26.2. The standard InChI is InChI=1S/C23H31O3.C3H5O.3C2H6.Y/c1-6-7-8-9-18-13-21(25)23(22(14-18)26-17(5)24)20-12-16(4)10-11-19(20)15(2)3;1-3-2-4-3;3*1-2;/h12-14,19-20,25H,2,5-11H2,1,3-4H3;3H,1-2H2;3*1-2H3;/q2*-1;;;;. The van der Waals surface area contributed by atoms with Gasteiger partial charge in [0, 0.05) is 50.8 Å². The van der Waals surface area contributed by atoms with Gasteiger partial charge in [-0.2, -0.15) is 0 Å². The number of carbonyl (C=O) groups is 1. The van der Waals surface area contributed by atoms with E-state index in [2.05, 4.69) is 45.1 Å². The number of phenols is 1. The second-order valence-corrected chi connectivity index (χ2v) is 8.44. The molecule has 1 heterocycles. The van der Waals surface area contributed by atoms with Gasteiger partial charge in [0.25, 0.3) is 0 Å². The zero-order valence-electron chi connectivity index (χ0n) is 25.3. The first-order chi connectivity index (χ1) is 17.2. The first-order valence-electron chi connectivity index (χ1n) is 13.9. The summed E-state index contributed by atoms with van der Waals surface area (Å²) in [5.41, 5.74) is 4.02. The van der Waals surface area contributed by atoms with Crippen LogP contribution < -0.4 is 4.74 Å². The number of esters is 1. The van der Waals surface area contributed by atoms with E-state index in [-0.39, 0.29) is 50.3 Å². The van der Waals surface area contributed by atoms with Crippen LogP contribution in [0.5, 0.6) is 11.5 Å². The molecule has 0 aromatic heterocycles. The maximum Gasteiger partial charge on any atom is 0.172 e. The van der Waals surface area contributed by atoms with Gasteiger partial charge in [-0.15, -0.1) is 0 Å². The molecule has 5 heteroatoms. The third-order valence-corrected chi connectivity index (χ3v) is 5.59. The Hall–Kier alpha value is -1.10. The number of benzene rings is 1. The van der Waals surface area contributed by atoms with E-state index in [1.807, 2.05) is 60.6 Å². The quantitative estimate of drug-likeness (QED) is 0.0858. The minimum atomic E-state index is -0.611. The number of unbranched alkanes of at least 4 members (excludes halogenated alkanes) is 2. The Balaban J connectivity index is -0.000000905.